The second-order valence-electron chi connectivity index (χ2n) is 10.5. The van der Waals surface area contributed by atoms with Crippen molar-refractivity contribution in [2.45, 2.75) is 57.7 Å². The SMILES string of the molecule is Cc1c(Cl)cccc1N(CC(=O)N(Cc1ccc(Br)cc1)[C@@H](Cc1ccccc1)C(=O)NC1CCCC1)S(C)(=O)=O. The number of carbonyl (C=O) groups excluding carboxylic acids is 2. The number of halogens is 2. The molecule has 0 aromatic heterocycles. The van der Waals surface area contributed by atoms with Gasteiger partial charge in [-0.1, -0.05) is 88.9 Å². The molecule has 218 valence electrons. The molecule has 0 saturated heterocycles. The van der Waals surface area contributed by atoms with Crippen LogP contribution in [-0.2, 0) is 32.6 Å². The van der Waals surface area contributed by atoms with Crippen LogP contribution < -0.4 is 9.62 Å². The molecule has 41 heavy (non-hydrogen) atoms. The van der Waals surface area contributed by atoms with Gasteiger partial charge in [0, 0.05) is 28.5 Å². The van der Waals surface area contributed by atoms with E-state index in [4.69, 9.17) is 11.6 Å². The van der Waals surface area contributed by atoms with E-state index in [1.165, 1.54) is 4.90 Å². The third kappa shape index (κ3) is 8.33. The molecule has 1 fully saturated rings. The fourth-order valence-electron chi connectivity index (χ4n) is 5.17. The van der Waals surface area contributed by atoms with Gasteiger partial charge in [0.15, 0.2) is 0 Å². The maximum atomic E-state index is 14.2. The van der Waals surface area contributed by atoms with Crippen LogP contribution in [0.1, 0.15) is 42.4 Å². The number of benzene rings is 3. The molecule has 2 amide bonds. The van der Waals surface area contributed by atoms with Crippen molar-refractivity contribution in [1.29, 1.82) is 0 Å². The first kappa shape index (κ1) is 31.1. The maximum Gasteiger partial charge on any atom is 0.244 e. The summed E-state index contributed by atoms with van der Waals surface area (Å²) in [6, 6.07) is 21.2. The summed E-state index contributed by atoms with van der Waals surface area (Å²) >= 11 is 9.77. The van der Waals surface area contributed by atoms with Crippen molar-refractivity contribution in [1.82, 2.24) is 10.2 Å². The summed E-state index contributed by atoms with van der Waals surface area (Å²) in [6.45, 7) is 1.37. The first-order valence-electron chi connectivity index (χ1n) is 13.6. The number of hydrogen-bond acceptors (Lipinski definition) is 4. The molecule has 3 aromatic rings. The monoisotopic (exact) mass is 659 g/mol. The fraction of sp³-hybridized carbons (Fsp3) is 0.355. The predicted molar refractivity (Wildman–Crippen MR) is 167 cm³/mol. The Labute approximate surface area is 256 Å². The van der Waals surface area contributed by atoms with Crippen LogP contribution in [-0.4, -0.2) is 50.0 Å². The zero-order chi connectivity index (χ0) is 29.6. The lowest BCUT2D eigenvalue weighted by molar-refractivity contribution is -0.140. The van der Waals surface area contributed by atoms with Gasteiger partial charge in [0.1, 0.15) is 12.6 Å². The second kappa shape index (κ2) is 13.9. The summed E-state index contributed by atoms with van der Waals surface area (Å²) < 4.78 is 28.0. The smallest absolute Gasteiger partial charge is 0.244 e. The molecule has 1 aliphatic carbocycles. The summed E-state index contributed by atoms with van der Waals surface area (Å²) in [5.74, 6) is -0.726. The van der Waals surface area contributed by atoms with Crippen LogP contribution in [0, 0.1) is 6.92 Å². The van der Waals surface area contributed by atoms with Gasteiger partial charge >= 0.3 is 0 Å². The van der Waals surface area contributed by atoms with Crippen molar-refractivity contribution in [2.24, 2.45) is 0 Å². The minimum absolute atomic E-state index is 0.0621. The van der Waals surface area contributed by atoms with E-state index in [0.717, 1.165) is 51.8 Å². The molecule has 0 heterocycles. The van der Waals surface area contributed by atoms with Crippen LogP contribution in [0.5, 0.6) is 0 Å². The third-order valence-corrected chi connectivity index (χ3v) is 9.49. The minimum Gasteiger partial charge on any atom is -0.352 e. The Hall–Kier alpha value is -2.88. The Balaban J connectivity index is 1.74. The largest absolute Gasteiger partial charge is 0.352 e. The van der Waals surface area contributed by atoms with Gasteiger partial charge in [-0.3, -0.25) is 13.9 Å². The van der Waals surface area contributed by atoms with E-state index < -0.39 is 28.5 Å². The van der Waals surface area contributed by atoms with Crippen LogP contribution >= 0.6 is 27.5 Å². The normalized spacial score (nSPS) is 14.4. The summed E-state index contributed by atoms with van der Waals surface area (Å²) in [6.07, 6.45) is 5.27. The Morgan fingerprint density at radius 2 is 1.63 bits per heavy atom. The highest BCUT2D eigenvalue weighted by molar-refractivity contribution is 9.10. The van der Waals surface area contributed by atoms with Gasteiger partial charge in [0.2, 0.25) is 21.8 Å². The molecule has 7 nitrogen and oxygen atoms in total. The zero-order valence-electron chi connectivity index (χ0n) is 23.2. The van der Waals surface area contributed by atoms with Crippen molar-refractivity contribution in [3.05, 3.63) is 99.0 Å². The molecule has 1 N–H and O–H groups in total. The molecular formula is C31H35BrClN3O4S. The van der Waals surface area contributed by atoms with Gasteiger partial charge in [-0.05, 0) is 60.7 Å². The van der Waals surface area contributed by atoms with E-state index in [2.05, 4.69) is 21.2 Å². The van der Waals surface area contributed by atoms with E-state index >= 15 is 0 Å². The lowest BCUT2D eigenvalue weighted by atomic mass is 10.0. The van der Waals surface area contributed by atoms with Crippen LogP contribution in [0.2, 0.25) is 5.02 Å². The highest BCUT2D eigenvalue weighted by atomic mass is 79.9. The predicted octanol–water partition coefficient (Wildman–Crippen LogP) is 5.88. The van der Waals surface area contributed by atoms with E-state index in [9.17, 15) is 18.0 Å². The maximum absolute atomic E-state index is 14.2. The van der Waals surface area contributed by atoms with Gasteiger partial charge in [0.05, 0.1) is 11.9 Å². The van der Waals surface area contributed by atoms with Gasteiger partial charge in [-0.15, -0.1) is 0 Å². The highest BCUT2D eigenvalue weighted by Crippen LogP contribution is 2.29. The van der Waals surface area contributed by atoms with E-state index in [-0.39, 0.29) is 24.9 Å². The number of nitrogens with zero attached hydrogens (tertiary/aromatic N) is 2. The molecule has 1 aliphatic rings. The molecule has 0 bridgehead atoms. The number of nitrogens with one attached hydrogen (secondary N) is 1. The van der Waals surface area contributed by atoms with Crippen LogP contribution in [0.4, 0.5) is 5.69 Å². The van der Waals surface area contributed by atoms with Crippen LogP contribution in [0.25, 0.3) is 0 Å². The number of rotatable bonds is 11. The summed E-state index contributed by atoms with van der Waals surface area (Å²) in [7, 11) is -3.87. The fourth-order valence-corrected chi connectivity index (χ4v) is 6.50. The van der Waals surface area contributed by atoms with Gasteiger partial charge in [-0.2, -0.15) is 0 Å². The van der Waals surface area contributed by atoms with Crippen LogP contribution in [0.15, 0.2) is 77.3 Å². The highest BCUT2D eigenvalue weighted by Gasteiger charge is 2.34. The molecule has 1 atom stereocenters. The zero-order valence-corrected chi connectivity index (χ0v) is 26.4. The van der Waals surface area contributed by atoms with Crippen molar-refractivity contribution in [2.75, 3.05) is 17.1 Å². The number of amides is 2. The second-order valence-corrected chi connectivity index (χ2v) is 13.7. The van der Waals surface area contributed by atoms with Crippen molar-refractivity contribution in [3.8, 4) is 0 Å². The third-order valence-electron chi connectivity index (χ3n) is 7.43. The van der Waals surface area contributed by atoms with Gasteiger partial charge in [0.25, 0.3) is 0 Å². The van der Waals surface area contributed by atoms with E-state index in [1.54, 1.807) is 25.1 Å². The molecule has 0 spiro atoms. The Bertz CT molecular complexity index is 1460. The molecule has 0 radical (unpaired) electrons. The number of carbonyl (C=O) groups is 2. The summed E-state index contributed by atoms with van der Waals surface area (Å²) in [4.78, 5) is 29.6. The summed E-state index contributed by atoms with van der Waals surface area (Å²) in [5, 5.41) is 3.57. The summed E-state index contributed by atoms with van der Waals surface area (Å²) in [5.41, 5.74) is 2.59. The van der Waals surface area contributed by atoms with E-state index in [0.29, 0.717) is 16.3 Å². The Morgan fingerprint density at radius 1 is 0.976 bits per heavy atom. The van der Waals surface area contributed by atoms with Crippen molar-refractivity contribution in [3.63, 3.8) is 0 Å². The molecule has 0 unspecified atom stereocenters. The number of anilines is 1. The minimum atomic E-state index is -3.87. The number of hydrogen-bond donors (Lipinski definition) is 1. The first-order valence-corrected chi connectivity index (χ1v) is 16.7. The number of sulfonamides is 1. The molecule has 10 heteroatoms. The quantitative estimate of drug-likeness (QED) is 0.279. The van der Waals surface area contributed by atoms with E-state index in [1.807, 2.05) is 54.6 Å². The Morgan fingerprint density at radius 3 is 2.27 bits per heavy atom. The molecule has 1 saturated carbocycles. The van der Waals surface area contributed by atoms with Crippen molar-refractivity contribution < 1.29 is 18.0 Å². The lowest BCUT2D eigenvalue weighted by Crippen LogP contribution is -2.54. The standard InChI is InChI=1S/C31H35BrClN3O4S/c1-22-27(33)13-8-14-28(22)36(41(2,39)40)21-30(37)35(20-24-15-17-25(32)18-16-24)29(19-23-9-4-3-5-10-23)31(38)34-26-11-6-7-12-26/h3-5,8-10,13-18,26,29H,6-7,11-12,19-21H2,1-2H3,(H,34,38)/t29-/m0/s1. The first-order chi connectivity index (χ1) is 19.5. The molecule has 3 aromatic carbocycles. The average Bonchev–Trinajstić information content (AvgIpc) is 3.45. The Kier molecular flexibility index (Phi) is 10.5. The van der Waals surface area contributed by atoms with Gasteiger partial charge < -0.3 is 10.2 Å². The van der Waals surface area contributed by atoms with Gasteiger partial charge in [-0.25, -0.2) is 8.42 Å². The topological polar surface area (TPSA) is 86.8 Å². The average molecular weight is 661 g/mol. The lowest BCUT2D eigenvalue weighted by Gasteiger charge is -2.34. The van der Waals surface area contributed by atoms with Crippen LogP contribution in [0.3, 0.4) is 0 Å². The molecular weight excluding hydrogens is 626 g/mol. The molecule has 4 rings (SSSR count). The molecule has 0 aliphatic heterocycles. The van der Waals surface area contributed by atoms with Crippen molar-refractivity contribution >= 4 is 55.1 Å².